The summed E-state index contributed by atoms with van der Waals surface area (Å²) in [5.41, 5.74) is 6.19. The van der Waals surface area contributed by atoms with Crippen LogP contribution in [0, 0.1) is 0 Å². The van der Waals surface area contributed by atoms with Gasteiger partial charge in [-0.1, -0.05) is 99.0 Å². The second kappa shape index (κ2) is 12.5. The Morgan fingerprint density at radius 1 is 0.824 bits per heavy atom. The maximum Gasteiger partial charge on any atom is 0.119 e. The molecule has 0 heterocycles. The number of nitrogens with one attached hydrogen (secondary N) is 1. The molecule has 178 valence electrons. The lowest BCUT2D eigenvalue weighted by atomic mass is 9.88. The van der Waals surface area contributed by atoms with Crippen LogP contribution in [-0.2, 0) is 0 Å². The standard InChI is InChI=1S/C31H37NO2/c1-2-30(24-12-6-3-7-13-24)31(25-14-8-4-9-15-25)26-18-20-29(21-19-26)34-23-28(33)22-32-27-16-10-5-11-17-27/h3-4,6-9,12-15,18-21,27-28,32-33H,2,5,10-11,16-17,22-23H2,1H3/b31-30-. The monoisotopic (exact) mass is 455 g/mol. The molecule has 3 aromatic rings. The third-order valence-corrected chi connectivity index (χ3v) is 6.67. The predicted octanol–water partition coefficient (Wildman–Crippen LogP) is 6.72. The maximum absolute atomic E-state index is 10.4. The summed E-state index contributed by atoms with van der Waals surface area (Å²) in [4.78, 5) is 0. The van der Waals surface area contributed by atoms with Gasteiger partial charge in [0.1, 0.15) is 18.5 Å². The third-order valence-electron chi connectivity index (χ3n) is 6.67. The van der Waals surface area contributed by atoms with Gasteiger partial charge in [-0.2, -0.15) is 0 Å². The first kappa shape index (κ1) is 24.3. The highest BCUT2D eigenvalue weighted by molar-refractivity contribution is 5.98. The molecule has 1 aliphatic carbocycles. The number of hydrogen-bond acceptors (Lipinski definition) is 3. The zero-order valence-electron chi connectivity index (χ0n) is 20.2. The second-order valence-electron chi connectivity index (χ2n) is 9.17. The second-order valence-corrected chi connectivity index (χ2v) is 9.17. The van der Waals surface area contributed by atoms with Crippen LogP contribution >= 0.6 is 0 Å². The first-order valence-corrected chi connectivity index (χ1v) is 12.7. The number of rotatable bonds is 10. The first-order valence-electron chi connectivity index (χ1n) is 12.7. The van der Waals surface area contributed by atoms with Crippen LogP contribution in [0.15, 0.2) is 84.9 Å². The van der Waals surface area contributed by atoms with Gasteiger partial charge in [-0.25, -0.2) is 0 Å². The summed E-state index contributed by atoms with van der Waals surface area (Å²) in [6, 6.07) is 30.0. The van der Waals surface area contributed by atoms with Crippen LogP contribution in [0.2, 0.25) is 0 Å². The normalized spacial score (nSPS) is 16.1. The average molecular weight is 456 g/mol. The quantitative estimate of drug-likeness (QED) is 0.334. The lowest BCUT2D eigenvalue weighted by molar-refractivity contribution is 0.102. The molecule has 0 bridgehead atoms. The fourth-order valence-electron chi connectivity index (χ4n) is 4.86. The number of benzene rings is 3. The molecule has 34 heavy (non-hydrogen) atoms. The summed E-state index contributed by atoms with van der Waals surface area (Å²) in [5.74, 6) is 0.783. The Bertz CT molecular complexity index is 1020. The molecule has 3 heteroatoms. The van der Waals surface area contributed by atoms with Crippen LogP contribution in [0.4, 0.5) is 0 Å². The molecule has 0 radical (unpaired) electrons. The summed E-state index contributed by atoms with van der Waals surface area (Å²) in [5, 5.41) is 13.9. The minimum Gasteiger partial charge on any atom is -0.491 e. The van der Waals surface area contributed by atoms with Gasteiger partial charge >= 0.3 is 0 Å². The van der Waals surface area contributed by atoms with Gasteiger partial charge in [0, 0.05) is 12.6 Å². The number of aliphatic hydroxyl groups excluding tert-OH is 1. The molecule has 3 aromatic carbocycles. The molecular weight excluding hydrogens is 418 g/mol. The van der Waals surface area contributed by atoms with Gasteiger partial charge < -0.3 is 15.2 Å². The van der Waals surface area contributed by atoms with Crippen molar-refractivity contribution in [3.8, 4) is 5.75 Å². The molecule has 4 rings (SSSR count). The predicted molar refractivity (Wildman–Crippen MR) is 142 cm³/mol. The van der Waals surface area contributed by atoms with Gasteiger partial charge in [-0.15, -0.1) is 0 Å². The van der Waals surface area contributed by atoms with Crippen molar-refractivity contribution >= 4 is 11.1 Å². The van der Waals surface area contributed by atoms with E-state index < -0.39 is 6.10 Å². The zero-order valence-corrected chi connectivity index (χ0v) is 20.2. The highest BCUT2D eigenvalue weighted by Crippen LogP contribution is 2.34. The van der Waals surface area contributed by atoms with Gasteiger partial charge in [0.15, 0.2) is 0 Å². The number of allylic oxidation sites excluding steroid dienone is 1. The van der Waals surface area contributed by atoms with Crippen molar-refractivity contribution in [3.63, 3.8) is 0 Å². The number of aliphatic hydroxyl groups is 1. The molecule has 1 saturated carbocycles. The minimum atomic E-state index is -0.508. The lowest BCUT2D eigenvalue weighted by Gasteiger charge is -2.24. The largest absolute Gasteiger partial charge is 0.491 e. The average Bonchev–Trinajstić information content (AvgIpc) is 2.91. The Balaban J connectivity index is 1.47. The molecular formula is C31H37NO2. The molecule has 0 amide bonds. The van der Waals surface area contributed by atoms with E-state index >= 15 is 0 Å². The summed E-state index contributed by atoms with van der Waals surface area (Å²) in [6.07, 6.45) is 6.79. The van der Waals surface area contributed by atoms with E-state index in [0.717, 1.165) is 12.2 Å². The van der Waals surface area contributed by atoms with Crippen molar-refractivity contribution in [2.24, 2.45) is 0 Å². The molecule has 2 N–H and O–H groups in total. The van der Waals surface area contributed by atoms with Crippen molar-refractivity contribution in [3.05, 3.63) is 102 Å². The number of ether oxygens (including phenoxy) is 1. The Morgan fingerprint density at radius 2 is 1.41 bits per heavy atom. The molecule has 0 spiro atoms. The van der Waals surface area contributed by atoms with E-state index in [1.54, 1.807) is 0 Å². The van der Waals surface area contributed by atoms with Crippen LogP contribution in [-0.4, -0.2) is 30.4 Å². The maximum atomic E-state index is 10.4. The first-order chi connectivity index (χ1) is 16.7. The number of hydrogen-bond donors (Lipinski definition) is 2. The van der Waals surface area contributed by atoms with E-state index in [1.165, 1.54) is 59.9 Å². The van der Waals surface area contributed by atoms with Crippen molar-refractivity contribution in [2.45, 2.75) is 57.6 Å². The molecule has 0 saturated heterocycles. The van der Waals surface area contributed by atoms with Crippen LogP contribution < -0.4 is 10.1 Å². The van der Waals surface area contributed by atoms with Gasteiger partial charge in [0.2, 0.25) is 0 Å². The summed E-state index contributed by atoms with van der Waals surface area (Å²) in [7, 11) is 0. The zero-order chi connectivity index (χ0) is 23.6. The van der Waals surface area contributed by atoms with E-state index in [1.807, 2.05) is 12.1 Å². The van der Waals surface area contributed by atoms with Crippen molar-refractivity contribution in [2.75, 3.05) is 13.2 Å². The summed E-state index contributed by atoms with van der Waals surface area (Å²) in [6.45, 7) is 3.09. The van der Waals surface area contributed by atoms with Gasteiger partial charge in [-0.3, -0.25) is 0 Å². The van der Waals surface area contributed by atoms with Crippen LogP contribution in [0.5, 0.6) is 5.75 Å². The fourth-order valence-corrected chi connectivity index (χ4v) is 4.86. The smallest absolute Gasteiger partial charge is 0.119 e. The van der Waals surface area contributed by atoms with E-state index in [2.05, 4.69) is 85.0 Å². The molecule has 1 fully saturated rings. The van der Waals surface area contributed by atoms with Crippen molar-refractivity contribution < 1.29 is 9.84 Å². The highest BCUT2D eigenvalue weighted by Gasteiger charge is 2.15. The lowest BCUT2D eigenvalue weighted by Crippen LogP contribution is -2.38. The Hall–Kier alpha value is -2.88. The van der Waals surface area contributed by atoms with E-state index in [4.69, 9.17) is 4.74 Å². The minimum absolute atomic E-state index is 0.296. The molecule has 3 nitrogen and oxygen atoms in total. The topological polar surface area (TPSA) is 41.5 Å². The molecule has 1 unspecified atom stereocenters. The van der Waals surface area contributed by atoms with Gasteiger partial charge in [0.05, 0.1) is 0 Å². The Labute approximate surface area is 204 Å². The SMILES string of the molecule is CC/C(=C(\c1ccccc1)c1ccc(OCC(O)CNC2CCCCC2)cc1)c1ccccc1. The van der Waals surface area contributed by atoms with Crippen molar-refractivity contribution in [1.82, 2.24) is 5.32 Å². The van der Waals surface area contributed by atoms with Gasteiger partial charge in [0.25, 0.3) is 0 Å². The molecule has 1 atom stereocenters. The van der Waals surface area contributed by atoms with Crippen LogP contribution in [0.25, 0.3) is 11.1 Å². The Kier molecular flexibility index (Phi) is 8.95. The summed E-state index contributed by atoms with van der Waals surface area (Å²) >= 11 is 0. The molecule has 0 aromatic heterocycles. The van der Waals surface area contributed by atoms with E-state index in [9.17, 15) is 5.11 Å². The van der Waals surface area contributed by atoms with E-state index in [-0.39, 0.29) is 0 Å². The third kappa shape index (κ3) is 6.59. The molecule has 1 aliphatic rings. The van der Waals surface area contributed by atoms with Crippen LogP contribution in [0.3, 0.4) is 0 Å². The van der Waals surface area contributed by atoms with Crippen LogP contribution in [0.1, 0.15) is 62.1 Å². The summed E-state index contributed by atoms with van der Waals surface area (Å²) < 4.78 is 5.91. The Morgan fingerprint density at radius 3 is 2.03 bits per heavy atom. The fraction of sp³-hybridized carbons (Fsp3) is 0.355. The highest BCUT2D eigenvalue weighted by atomic mass is 16.5. The molecule has 0 aliphatic heterocycles. The van der Waals surface area contributed by atoms with Gasteiger partial charge in [-0.05, 0) is 59.2 Å². The van der Waals surface area contributed by atoms with Crippen molar-refractivity contribution in [1.29, 1.82) is 0 Å². The van der Waals surface area contributed by atoms with E-state index in [0.29, 0.717) is 19.2 Å².